The Hall–Kier alpha value is -2.91. The largest absolute Gasteiger partial charge is 0.497 e. The zero-order valence-corrected chi connectivity index (χ0v) is 20.2. The smallest absolute Gasteiger partial charge is 0.243 e. The van der Waals surface area contributed by atoms with Gasteiger partial charge in [-0.1, -0.05) is 30.3 Å². The average Bonchev–Trinajstić information content (AvgIpc) is 3.28. The Balaban J connectivity index is 1.39. The molecule has 0 bridgehead atoms. The van der Waals surface area contributed by atoms with Gasteiger partial charge < -0.3 is 15.0 Å². The predicted octanol–water partition coefficient (Wildman–Crippen LogP) is 2.58. The monoisotopic (exact) mass is 485 g/mol. The lowest BCUT2D eigenvalue weighted by Crippen LogP contribution is -2.45. The first-order valence-electron chi connectivity index (χ1n) is 11.7. The van der Waals surface area contributed by atoms with Crippen LogP contribution < -0.4 is 10.1 Å². The van der Waals surface area contributed by atoms with E-state index in [2.05, 4.69) is 5.32 Å². The molecular formula is C25H31N3O5S. The second-order valence-corrected chi connectivity index (χ2v) is 10.7. The molecule has 9 heteroatoms. The first-order chi connectivity index (χ1) is 16.4. The molecule has 2 aromatic rings. The molecule has 1 unspecified atom stereocenters. The molecule has 0 aromatic heterocycles. The van der Waals surface area contributed by atoms with Crippen LogP contribution in [0.15, 0.2) is 59.5 Å². The summed E-state index contributed by atoms with van der Waals surface area (Å²) in [6, 6.07) is 15.7. The summed E-state index contributed by atoms with van der Waals surface area (Å²) in [6.45, 7) is 1.72. The van der Waals surface area contributed by atoms with Crippen molar-refractivity contribution in [3.05, 3.63) is 60.2 Å². The van der Waals surface area contributed by atoms with Crippen molar-refractivity contribution < 1.29 is 22.7 Å². The standard InChI is InChI=1S/C25H31N3O5S/c1-33-21-9-11-22(12-10-21)34(31,32)28-16-13-20(14-17-28)25(30)26-23(19-6-3-2-4-7-19)18-27-15-5-8-24(27)29/h2-4,6-7,9-12,20,23H,5,8,13-18H2,1H3,(H,26,30). The number of likely N-dealkylation sites (tertiary alicyclic amines) is 1. The van der Waals surface area contributed by atoms with E-state index in [1.165, 1.54) is 23.5 Å². The van der Waals surface area contributed by atoms with Crippen LogP contribution in [-0.2, 0) is 19.6 Å². The number of piperidine rings is 1. The summed E-state index contributed by atoms with van der Waals surface area (Å²) < 4.78 is 32.5. The number of carbonyl (C=O) groups is 2. The summed E-state index contributed by atoms with van der Waals surface area (Å²) in [5, 5.41) is 3.13. The summed E-state index contributed by atoms with van der Waals surface area (Å²) in [5.74, 6) is 0.343. The number of hydrogen-bond donors (Lipinski definition) is 1. The van der Waals surface area contributed by atoms with Gasteiger partial charge in [-0.05, 0) is 49.1 Å². The highest BCUT2D eigenvalue weighted by Gasteiger charge is 2.33. The number of hydrogen-bond acceptors (Lipinski definition) is 5. The van der Waals surface area contributed by atoms with Crippen LogP contribution in [-0.4, -0.2) is 62.7 Å². The molecule has 2 amide bonds. The molecular weight excluding hydrogens is 454 g/mol. The Bertz CT molecular complexity index is 1100. The van der Waals surface area contributed by atoms with Crippen LogP contribution in [0.3, 0.4) is 0 Å². The molecule has 34 heavy (non-hydrogen) atoms. The van der Waals surface area contributed by atoms with E-state index in [1.807, 2.05) is 35.2 Å². The van der Waals surface area contributed by atoms with E-state index in [0.717, 1.165) is 12.0 Å². The van der Waals surface area contributed by atoms with E-state index in [1.54, 1.807) is 12.1 Å². The summed E-state index contributed by atoms with van der Waals surface area (Å²) in [4.78, 5) is 27.3. The molecule has 8 nitrogen and oxygen atoms in total. The molecule has 2 heterocycles. The molecule has 2 saturated heterocycles. The second kappa shape index (κ2) is 10.6. The van der Waals surface area contributed by atoms with Crippen LogP contribution >= 0.6 is 0 Å². The van der Waals surface area contributed by atoms with E-state index < -0.39 is 10.0 Å². The van der Waals surface area contributed by atoms with Crippen LogP contribution in [0, 0.1) is 5.92 Å². The van der Waals surface area contributed by atoms with Crippen molar-refractivity contribution in [3.8, 4) is 5.75 Å². The fourth-order valence-corrected chi connectivity index (χ4v) is 6.05. The predicted molar refractivity (Wildman–Crippen MR) is 128 cm³/mol. The number of amides is 2. The van der Waals surface area contributed by atoms with Crippen LogP contribution in [0.1, 0.15) is 37.3 Å². The van der Waals surface area contributed by atoms with Crippen LogP contribution in [0.2, 0.25) is 0 Å². The first kappa shape index (κ1) is 24.2. The second-order valence-electron chi connectivity index (χ2n) is 8.77. The summed E-state index contributed by atoms with van der Waals surface area (Å²) in [6.07, 6.45) is 2.29. The minimum Gasteiger partial charge on any atom is -0.497 e. The first-order valence-corrected chi connectivity index (χ1v) is 13.1. The molecule has 0 aliphatic carbocycles. The van der Waals surface area contributed by atoms with E-state index in [-0.39, 0.29) is 41.8 Å². The van der Waals surface area contributed by atoms with E-state index >= 15 is 0 Å². The topological polar surface area (TPSA) is 96.0 Å². The maximum atomic E-state index is 13.1. The van der Waals surface area contributed by atoms with Gasteiger partial charge in [-0.3, -0.25) is 9.59 Å². The quantitative estimate of drug-likeness (QED) is 0.620. The number of rotatable bonds is 8. The highest BCUT2D eigenvalue weighted by atomic mass is 32.2. The van der Waals surface area contributed by atoms with Gasteiger partial charge >= 0.3 is 0 Å². The Morgan fingerprint density at radius 2 is 1.74 bits per heavy atom. The zero-order valence-electron chi connectivity index (χ0n) is 19.4. The van der Waals surface area contributed by atoms with Gasteiger partial charge in [-0.2, -0.15) is 4.31 Å². The third-order valence-corrected chi connectivity index (χ3v) is 8.53. The van der Waals surface area contributed by atoms with Crippen molar-refractivity contribution in [3.63, 3.8) is 0 Å². The average molecular weight is 486 g/mol. The molecule has 2 fully saturated rings. The molecule has 1 N–H and O–H groups in total. The number of benzene rings is 2. The minimum absolute atomic E-state index is 0.0954. The third kappa shape index (κ3) is 5.42. The highest BCUT2D eigenvalue weighted by molar-refractivity contribution is 7.89. The van der Waals surface area contributed by atoms with E-state index in [0.29, 0.717) is 38.1 Å². The van der Waals surface area contributed by atoms with Gasteiger partial charge in [-0.25, -0.2) is 8.42 Å². The van der Waals surface area contributed by atoms with Crippen molar-refractivity contribution in [2.75, 3.05) is 33.3 Å². The highest BCUT2D eigenvalue weighted by Crippen LogP contribution is 2.26. The van der Waals surface area contributed by atoms with E-state index in [9.17, 15) is 18.0 Å². The Morgan fingerprint density at radius 3 is 2.32 bits per heavy atom. The van der Waals surface area contributed by atoms with Crippen molar-refractivity contribution in [2.45, 2.75) is 36.6 Å². The van der Waals surface area contributed by atoms with Crippen molar-refractivity contribution in [1.29, 1.82) is 0 Å². The summed E-state index contributed by atoms with van der Waals surface area (Å²) in [7, 11) is -2.09. The van der Waals surface area contributed by atoms with Gasteiger partial charge in [-0.15, -0.1) is 0 Å². The molecule has 0 radical (unpaired) electrons. The van der Waals surface area contributed by atoms with Gasteiger partial charge in [0.1, 0.15) is 5.75 Å². The molecule has 2 aromatic carbocycles. The van der Waals surface area contributed by atoms with Gasteiger partial charge in [0.05, 0.1) is 18.0 Å². The normalized spacial score (nSPS) is 18.6. The van der Waals surface area contributed by atoms with Gasteiger partial charge in [0.25, 0.3) is 0 Å². The Labute approximate surface area is 200 Å². The van der Waals surface area contributed by atoms with Crippen LogP contribution in [0.25, 0.3) is 0 Å². The van der Waals surface area contributed by atoms with Gasteiger partial charge in [0, 0.05) is 38.5 Å². The van der Waals surface area contributed by atoms with Crippen LogP contribution in [0.4, 0.5) is 0 Å². The Kier molecular flexibility index (Phi) is 7.53. The summed E-state index contributed by atoms with van der Waals surface area (Å²) in [5.41, 5.74) is 0.954. The zero-order chi connectivity index (χ0) is 24.1. The molecule has 0 saturated carbocycles. The molecule has 2 aliphatic rings. The molecule has 1 atom stereocenters. The summed E-state index contributed by atoms with van der Waals surface area (Å²) >= 11 is 0. The Morgan fingerprint density at radius 1 is 1.06 bits per heavy atom. The number of ether oxygens (including phenoxy) is 1. The van der Waals surface area contributed by atoms with Crippen molar-refractivity contribution in [2.24, 2.45) is 5.92 Å². The molecule has 0 spiro atoms. The maximum absolute atomic E-state index is 13.1. The fraction of sp³-hybridized carbons (Fsp3) is 0.440. The number of nitrogens with zero attached hydrogens (tertiary/aromatic N) is 2. The molecule has 4 rings (SSSR count). The van der Waals surface area contributed by atoms with Gasteiger partial charge in [0.2, 0.25) is 21.8 Å². The fourth-order valence-electron chi connectivity index (χ4n) is 4.58. The molecule has 2 aliphatic heterocycles. The van der Waals surface area contributed by atoms with Gasteiger partial charge in [0.15, 0.2) is 0 Å². The lowest BCUT2D eigenvalue weighted by Gasteiger charge is -2.32. The minimum atomic E-state index is -3.62. The van der Waals surface area contributed by atoms with Crippen LogP contribution in [0.5, 0.6) is 5.75 Å². The number of carbonyl (C=O) groups excluding carboxylic acids is 2. The molecule has 182 valence electrons. The lowest BCUT2D eigenvalue weighted by molar-refractivity contribution is -0.130. The maximum Gasteiger partial charge on any atom is 0.243 e. The van der Waals surface area contributed by atoms with Crippen molar-refractivity contribution in [1.82, 2.24) is 14.5 Å². The number of sulfonamides is 1. The van der Waals surface area contributed by atoms with Crippen molar-refractivity contribution >= 4 is 21.8 Å². The van der Waals surface area contributed by atoms with E-state index in [4.69, 9.17) is 4.74 Å². The third-order valence-electron chi connectivity index (χ3n) is 6.61. The lowest BCUT2D eigenvalue weighted by atomic mass is 9.96. The SMILES string of the molecule is COc1ccc(S(=O)(=O)N2CCC(C(=O)NC(CN3CCCC3=O)c3ccccc3)CC2)cc1. The number of nitrogens with one attached hydrogen (secondary N) is 1. The number of methoxy groups -OCH3 is 1.